The third-order valence-electron chi connectivity index (χ3n) is 16.1. The Hall–Kier alpha value is -2.44. The summed E-state index contributed by atoms with van der Waals surface area (Å²) in [7, 11) is 0. The maximum Gasteiger partial charge on any atom is 0.330 e. The normalized spacial score (nSPS) is 20.9. The van der Waals surface area contributed by atoms with Crippen LogP contribution in [0.4, 0.5) is 0 Å². The maximum absolute atomic E-state index is 10.2. The van der Waals surface area contributed by atoms with Crippen LogP contribution in [0.5, 0.6) is 0 Å². The molecule has 6 saturated carbocycles. The molecule has 13 rings (SSSR count). The number of H-pyrrole nitrogens is 3. The maximum atomic E-state index is 10.2. The van der Waals surface area contributed by atoms with Gasteiger partial charge in [-0.05, 0) is 131 Å². The van der Waals surface area contributed by atoms with E-state index in [1.807, 2.05) is 37.8 Å². The molecule has 1 aromatic heterocycles. The molecule has 3 N–H and O–H groups in total. The molecule has 3 aliphatic heterocycles. The average molecular weight is 1280 g/mol. The van der Waals surface area contributed by atoms with Crippen molar-refractivity contribution in [2.45, 2.75) is 336 Å². The minimum Gasteiger partial charge on any atom is -0.381 e. The van der Waals surface area contributed by atoms with Crippen molar-refractivity contribution in [3.8, 4) is 0 Å². The van der Waals surface area contributed by atoms with Gasteiger partial charge in [0.15, 0.2) is 0 Å². The van der Waals surface area contributed by atoms with E-state index in [0.717, 1.165) is 82.9 Å². The summed E-state index contributed by atoms with van der Waals surface area (Å²) in [5, 5.41) is 0. The molecule has 9 aliphatic carbocycles. The molecular formula is C78H155N3O7S. The van der Waals surface area contributed by atoms with Gasteiger partial charge in [0.25, 0.3) is 0 Å². The molecule has 89 heavy (non-hydrogen) atoms. The van der Waals surface area contributed by atoms with Crippen molar-refractivity contribution in [3.05, 3.63) is 80.1 Å². The molecule has 9 fully saturated rings. The minimum absolute atomic E-state index is 0. The molecule has 530 valence electrons. The first kappa shape index (κ1) is 95.3. The second kappa shape index (κ2) is 81.7. The van der Waals surface area contributed by atoms with Gasteiger partial charge in [0.05, 0.1) is 26.4 Å². The van der Waals surface area contributed by atoms with Crippen LogP contribution in [-0.4, -0.2) is 79.3 Å². The van der Waals surface area contributed by atoms with E-state index in [9.17, 15) is 14.4 Å². The minimum atomic E-state index is -0.802. The molecule has 0 radical (unpaired) electrons. The van der Waals surface area contributed by atoms with Gasteiger partial charge < -0.3 is 18.9 Å². The average Bonchev–Trinajstić information content (AvgIpc) is 4.66. The van der Waals surface area contributed by atoms with Crippen LogP contribution in [0.3, 0.4) is 0 Å². The predicted molar refractivity (Wildman–Crippen MR) is 399 cm³/mol. The smallest absolute Gasteiger partial charge is 0.330 e. The van der Waals surface area contributed by atoms with Crippen LogP contribution < -0.4 is 17.1 Å². The van der Waals surface area contributed by atoms with Gasteiger partial charge >= 0.3 is 17.1 Å². The van der Waals surface area contributed by atoms with E-state index in [1.165, 1.54) is 216 Å². The van der Waals surface area contributed by atoms with E-state index >= 15 is 0 Å². The third kappa shape index (κ3) is 81.6. The number of nitrogens with one attached hydrogen (secondary N) is 3. The van der Waals surface area contributed by atoms with Gasteiger partial charge in [0.2, 0.25) is 0 Å². The Morgan fingerprint density at radius 2 is 0.674 bits per heavy atom. The van der Waals surface area contributed by atoms with Crippen molar-refractivity contribution in [2.75, 3.05) is 64.4 Å². The van der Waals surface area contributed by atoms with Gasteiger partial charge in [-0.25, -0.2) is 14.4 Å². The third-order valence-corrected chi connectivity index (χ3v) is 16.9. The first-order chi connectivity index (χ1) is 42.8. The molecule has 1 aromatic rings. The molecule has 0 aromatic carbocycles. The lowest BCUT2D eigenvalue weighted by molar-refractivity contribution is -0.0334. The van der Waals surface area contributed by atoms with E-state index in [-0.39, 0.29) is 7.43 Å². The van der Waals surface area contributed by atoms with Crippen molar-refractivity contribution in [2.24, 2.45) is 35.5 Å². The number of thioether (sulfide) groups is 1. The van der Waals surface area contributed by atoms with E-state index in [0.29, 0.717) is 0 Å². The summed E-state index contributed by atoms with van der Waals surface area (Å²) in [5.74, 6) is 8.51. The molecule has 12 aliphatic rings. The number of fused-ring (bicyclic) bond motifs is 4. The summed E-state index contributed by atoms with van der Waals surface area (Å²) < 4.78 is 19.9. The van der Waals surface area contributed by atoms with Gasteiger partial charge in [0, 0.05) is 26.4 Å². The quantitative estimate of drug-likeness (QED) is 0.240. The molecule has 3 saturated heterocycles. The monoisotopic (exact) mass is 1280 g/mol. The van der Waals surface area contributed by atoms with Crippen molar-refractivity contribution in [3.63, 3.8) is 0 Å². The van der Waals surface area contributed by atoms with Crippen LogP contribution in [0.25, 0.3) is 0 Å². The summed E-state index contributed by atoms with van der Waals surface area (Å²) in [4.78, 5) is 35.9. The summed E-state index contributed by atoms with van der Waals surface area (Å²) >= 11 is 1.96. The molecule has 11 heteroatoms. The molecule has 4 bridgehead atoms. The second-order valence-corrected chi connectivity index (χ2v) is 26.7. The zero-order valence-electron chi connectivity index (χ0n) is 60.9. The van der Waals surface area contributed by atoms with Gasteiger partial charge in [-0.15, -0.1) is 0 Å². The lowest BCUT2D eigenvalue weighted by Crippen LogP contribution is -2.34. The zero-order valence-corrected chi connectivity index (χ0v) is 61.7. The highest BCUT2D eigenvalue weighted by Gasteiger charge is 2.30. The zero-order chi connectivity index (χ0) is 66.0. The Balaban J connectivity index is -0.000000284. The van der Waals surface area contributed by atoms with Gasteiger partial charge in [0.1, 0.15) is 0 Å². The first-order valence-corrected chi connectivity index (χ1v) is 38.3. The summed E-state index contributed by atoms with van der Waals surface area (Å²) in [6.45, 7) is 37.5. The number of hydrogen-bond donors (Lipinski definition) is 3. The van der Waals surface area contributed by atoms with Crippen LogP contribution in [0.15, 0.2) is 63.0 Å². The van der Waals surface area contributed by atoms with E-state index in [4.69, 9.17) is 18.9 Å². The Bertz CT molecular complexity index is 1490. The van der Waals surface area contributed by atoms with Crippen LogP contribution >= 0.6 is 11.8 Å². The Labute approximate surface area is 558 Å². The Kier molecular flexibility index (Phi) is 87.4. The van der Waals surface area contributed by atoms with Crippen LogP contribution in [0.2, 0.25) is 0 Å². The van der Waals surface area contributed by atoms with Crippen LogP contribution in [0.1, 0.15) is 336 Å². The highest BCUT2D eigenvalue weighted by atomic mass is 32.2. The van der Waals surface area contributed by atoms with Crippen LogP contribution in [-0.2, 0) is 18.9 Å². The summed E-state index contributed by atoms with van der Waals surface area (Å²) in [5.41, 5.74) is -2.41. The number of rotatable bonds is 6. The predicted octanol–water partition coefficient (Wildman–Crippen LogP) is 23.4. The van der Waals surface area contributed by atoms with E-state index < -0.39 is 17.1 Å². The van der Waals surface area contributed by atoms with Gasteiger partial charge in [-0.1, -0.05) is 300 Å². The molecule has 0 amide bonds. The second-order valence-electron chi connectivity index (χ2n) is 25.2. The number of aromatic amines is 3. The fourth-order valence-electron chi connectivity index (χ4n) is 9.20. The number of allylic oxidation sites excluding steroid dienone is 8. The molecule has 0 unspecified atom stereocenters. The number of aromatic nitrogens is 3. The topological polar surface area (TPSA) is 135 Å². The van der Waals surface area contributed by atoms with Crippen LogP contribution in [0, 0.1) is 35.5 Å². The van der Waals surface area contributed by atoms with Crippen molar-refractivity contribution in [1.29, 1.82) is 0 Å². The van der Waals surface area contributed by atoms with Crippen molar-refractivity contribution in [1.82, 2.24) is 15.0 Å². The number of ether oxygens (including phenoxy) is 4. The summed E-state index contributed by atoms with van der Waals surface area (Å²) in [6, 6.07) is 0. The SMILES string of the molecule is C.C/C=C/C.C1=CC2CCC1CC2.C1=CCC=C1.C1CC2CCC1C2.C1CCC1.C1CCCC1.C1CCCCC1.C1CCOC1.C1CCOCC1.C1COCCO1.CC(C)C(C)C.CCC.CCCC.CCCCC.CCSCC.O=c1[nH]c(=O)[nH]c(=O)[nH]1. The molecule has 4 heterocycles. The van der Waals surface area contributed by atoms with Crippen molar-refractivity contribution < 1.29 is 18.9 Å². The molecule has 0 spiro atoms. The fraction of sp³-hybridized carbons (Fsp3) is 0.859. The first-order valence-electron chi connectivity index (χ1n) is 37.2. The largest absolute Gasteiger partial charge is 0.381 e. The van der Waals surface area contributed by atoms with E-state index in [1.54, 1.807) is 47.1 Å². The lowest BCUT2D eigenvalue weighted by Gasteiger charge is -2.29. The number of unbranched alkanes of at least 4 members (excludes halogenated alkanes) is 3. The molecular weight excluding hydrogens is 1120 g/mol. The standard InChI is InChI=1S/C8H12.C7H12.C6H12.C6H14.C5H10O.C5H10.C5H6.C5H12.C4H8O2.C4H8O.C4H10S.C4H8.C4H10.C4H8.C3H3N3O3.C3H8.CH4/c1-2-8-5-3-7(1)4-6-8;1-2-7-4-3-6(1)5-7;1-2-4-6-5-3-1;1-5(2)6(3)4;1-2-4-6-5-3-1;2*1-2-4-5-3-1;1-3-5-4-2;1-2-6-4-3-5-1;1-2-4-5-3-1;1-3-5-4-2;1-2-4-3-1;2*1-3-4-2;7-1-4-2(8)6-3(9)5-1;1-3-2;/h1-2,7-8H,3-6H2;6-7H,1-5H2;1-6H2;5-6H,1-4H3;1-5H2;1-5H2;1-4H,5H2;3-5H2,1-2H3;1-4H2;1-4H2;3-4H2,1-2H3;1-4H2;3-4H2,1-2H3;3-4H,1-2H3;(H3,4,5,6,7,8,9);3H2,1-2H3;1H4/b;;;;;;;;;;;;;4-3+;;;. The number of hydrogen-bond acceptors (Lipinski definition) is 8. The van der Waals surface area contributed by atoms with E-state index in [2.05, 4.69) is 120 Å². The summed E-state index contributed by atoms with van der Waals surface area (Å²) in [6.07, 6.45) is 69.0. The Morgan fingerprint density at radius 3 is 0.775 bits per heavy atom. The molecule has 0 atom stereocenters. The highest BCUT2D eigenvalue weighted by molar-refractivity contribution is 7.99. The van der Waals surface area contributed by atoms with Gasteiger partial charge in [-0.2, -0.15) is 11.8 Å². The van der Waals surface area contributed by atoms with Crippen molar-refractivity contribution >= 4 is 11.8 Å². The van der Waals surface area contributed by atoms with Gasteiger partial charge in [-0.3, -0.25) is 15.0 Å². The highest BCUT2D eigenvalue weighted by Crippen LogP contribution is 2.44. The fourth-order valence-corrected chi connectivity index (χ4v) is 9.61. The lowest BCUT2D eigenvalue weighted by atomic mass is 9.76. The Morgan fingerprint density at radius 1 is 0.416 bits per heavy atom. The molecule has 10 nitrogen and oxygen atoms in total.